The Balaban J connectivity index is 1.83. The van der Waals surface area contributed by atoms with Gasteiger partial charge in [-0.1, -0.05) is 33.1 Å². The predicted octanol–water partition coefficient (Wildman–Crippen LogP) is 7.38. The molecule has 0 N–H and O–H groups in total. The number of unbranched alkanes of at least 4 members (excludes halogenated alkanes) is 1. The molecule has 0 radical (unpaired) electrons. The molecular weight excluding hydrogens is 398 g/mol. The molecule has 0 aliphatic heterocycles. The molecule has 4 nitrogen and oxygen atoms in total. The average Bonchev–Trinajstić information content (AvgIpc) is 2.86. The SMILES string of the molecule is CCCCC(CC)COc1ccc(N(c2ccc(C=O)cc2)c2ccc(C=O)cc2)cc1. The third kappa shape index (κ3) is 6.07. The van der Waals surface area contributed by atoms with E-state index in [9.17, 15) is 9.59 Å². The maximum absolute atomic E-state index is 11.1. The minimum atomic E-state index is 0.582. The summed E-state index contributed by atoms with van der Waals surface area (Å²) in [6.07, 6.45) is 6.45. The maximum atomic E-state index is 11.1. The van der Waals surface area contributed by atoms with Crippen molar-refractivity contribution in [3.8, 4) is 5.75 Å². The summed E-state index contributed by atoms with van der Waals surface area (Å²) < 4.78 is 6.07. The van der Waals surface area contributed by atoms with Gasteiger partial charge in [-0.25, -0.2) is 0 Å². The molecule has 0 bridgehead atoms. The van der Waals surface area contributed by atoms with E-state index in [4.69, 9.17) is 4.74 Å². The van der Waals surface area contributed by atoms with E-state index in [1.54, 1.807) is 24.3 Å². The fourth-order valence-electron chi connectivity index (χ4n) is 3.65. The Morgan fingerprint density at radius 2 is 1.22 bits per heavy atom. The highest BCUT2D eigenvalue weighted by molar-refractivity contribution is 5.82. The maximum Gasteiger partial charge on any atom is 0.150 e. The highest BCUT2D eigenvalue weighted by atomic mass is 16.5. The molecule has 0 fully saturated rings. The van der Waals surface area contributed by atoms with Crippen LogP contribution in [0.25, 0.3) is 0 Å². The molecule has 4 heteroatoms. The van der Waals surface area contributed by atoms with E-state index < -0.39 is 0 Å². The molecule has 0 saturated heterocycles. The number of anilines is 3. The van der Waals surface area contributed by atoms with Gasteiger partial charge in [-0.2, -0.15) is 0 Å². The van der Waals surface area contributed by atoms with Crippen molar-refractivity contribution in [2.75, 3.05) is 11.5 Å². The molecule has 0 aliphatic rings. The van der Waals surface area contributed by atoms with Gasteiger partial charge in [0.25, 0.3) is 0 Å². The number of carbonyl (C=O) groups excluding carboxylic acids is 2. The third-order valence-corrected chi connectivity index (χ3v) is 5.70. The highest BCUT2D eigenvalue weighted by Crippen LogP contribution is 2.35. The Hall–Kier alpha value is -3.40. The number of nitrogens with zero attached hydrogens (tertiary/aromatic N) is 1. The van der Waals surface area contributed by atoms with E-state index >= 15 is 0 Å². The summed E-state index contributed by atoms with van der Waals surface area (Å²) in [5.74, 6) is 1.44. The van der Waals surface area contributed by atoms with Gasteiger partial charge in [-0.3, -0.25) is 9.59 Å². The molecule has 0 aliphatic carbocycles. The molecule has 32 heavy (non-hydrogen) atoms. The second-order valence-electron chi connectivity index (χ2n) is 7.98. The van der Waals surface area contributed by atoms with Crippen LogP contribution >= 0.6 is 0 Å². The number of hydrogen-bond acceptors (Lipinski definition) is 4. The number of carbonyl (C=O) groups is 2. The van der Waals surface area contributed by atoms with Gasteiger partial charge in [0.15, 0.2) is 0 Å². The van der Waals surface area contributed by atoms with E-state index in [2.05, 4.69) is 18.7 Å². The van der Waals surface area contributed by atoms with E-state index in [-0.39, 0.29) is 0 Å². The molecule has 3 aromatic carbocycles. The summed E-state index contributed by atoms with van der Waals surface area (Å²) in [5.41, 5.74) is 4.07. The van der Waals surface area contributed by atoms with Crippen LogP contribution in [0.15, 0.2) is 72.8 Å². The number of rotatable bonds is 12. The van der Waals surface area contributed by atoms with E-state index in [1.807, 2.05) is 48.5 Å². The first-order valence-electron chi connectivity index (χ1n) is 11.3. The third-order valence-electron chi connectivity index (χ3n) is 5.70. The molecule has 0 heterocycles. The van der Waals surface area contributed by atoms with Crippen LogP contribution < -0.4 is 9.64 Å². The molecule has 0 saturated carbocycles. The molecule has 1 atom stereocenters. The molecule has 3 rings (SSSR count). The first-order valence-corrected chi connectivity index (χ1v) is 11.3. The van der Waals surface area contributed by atoms with Crippen molar-refractivity contribution in [2.24, 2.45) is 5.92 Å². The zero-order chi connectivity index (χ0) is 22.8. The Bertz CT molecular complexity index is 927. The molecule has 1 unspecified atom stereocenters. The molecule has 0 aromatic heterocycles. The van der Waals surface area contributed by atoms with Crippen molar-refractivity contribution in [1.29, 1.82) is 0 Å². The summed E-state index contributed by atoms with van der Waals surface area (Å²) in [6, 6.07) is 22.9. The fraction of sp³-hybridized carbons (Fsp3) is 0.286. The summed E-state index contributed by atoms with van der Waals surface area (Å²) >= 11 is 0. The van der Waals surface area contributed by atoms with Crippen molar-refractivity contribution >= 4 is 29.6 Å². The largest absolute Gasteiger partial charge is 0.493 e. The Labute approximate surface area is 190 Å². The zero-order valence-corrected chi connectivity index (χ0v) is 18.9. The molecule has 3 aromatic rings. The predicted molar refractivity (Wildman–Crippen MR) is 131 cm³/mol. The number of aldehydes is 2. The second-order valence-corrected chi connectivity index (χ2v) is 7.98. The Morgan fingerprint density at radius 1 is 0.750 bits per heavy atom. The van der Waals surface area contributed by atoms with Gasteiger partial charge in [0.2, 0.25) is 0 Å². The zero-order valence-electron chi connectivity index (χ0n) is 18.9. The average molecular weight is 430 g/mol. The minimum absolute atomic E-state index is 0.582. The first-order chi connectivity index (χ1) is 15.7. The van der Waals surface area contributed by atoms with Crippen LogP contribution in [0.5, 0.6) is 5.75 Å². The monoisotopic (exact) mass is 429 g/mol. The van der Waals surface area contributed by atoms with Gasteiger partial charge in [-0.15, -0.1) is 0 Å². The lowest BCUT2D eigenvalue weighted by Crippen LogP contribution is -2.12. The van der Waals surface area contributed by atoms with E-state index in [0.717, 1.165) is 48.4 Å². The van der Waals surface area contributed by atoms with Crippen molar-refractivity contribution in [2.45, 2.75) is 39.5 Å². The van der Waals surface area contributed by atoms with Crippen LogP contribution in [0.4, 0.5) is 17.1 Å². The van der Waals surface area contributed by atoms with Gasteiger partial charge >= 0.3 is 0 Å². The van der Waals surface area contributed by atoms with E-state index in [0.29, 0.717) is 17.0 Å². The second kappa shape index (κ2) is 11.8. The summed E-state index contributed by atoms with van der Waals surface area (Å²) in [4.78, 5) is 24.2. The summed E-state index contributed by atoms with van der Waals surface area (Å²) in [7, 11) is 0. The highest BCUT2D eigenvalue weighted by Gasteiger charge is 2.13. The standard InChI is InChI=1S/C28H31NO3/c1-3-5-6-22(4-2)21-32-28-17-15-27(16-18-28)29(25-11-7-23(19-30)8-12-25)26-13-9-24(20-31)10-14-26/h7-20,22H,3-6,21H2,1-2H3. The van der Waals surface area contributed by atoms with Crippen LogP contribution in [-0.4, -0.2) is 19.2 Å². The lowest BCUT2D eigenvalue weighted by atomic mass is 10.0. The van der Waals surface area contributed by atoms with Crippen LogP contribution in [0, 0.1) is 5.92 Å². The van der Waals surface area contributed by atoms with Crippen molar-refractivity contribution in [3.05, 3.63) is 83.9 Å². The first kappa shape index (κ1) is 23.3. The molecule has 0 amide bonds. The van der Waals surface area contributed by atoms with Gasteiger partial charge < -0.3 is 9.64 Å². The Morgan fingerprint density at radius 3 is 1.62 bits per heavy atom. The number of hydrogen-bond donors (Lipinski definition) is 0. The van der Waals surface area contributed by atoms with Crippen molar-refractivity contribution in [3.63, 3.8) is 0 Å². The van der Waals surface area contributed by atoms with Gasteiger partial charge in [-0.05, 0) is 85.1 Å². The van der Waals surface area contributed by atoms with Gasteiger partial charge in [0.1, 0.15) is 18.3 Å². The van der Waals surface area contributed by atoms with Crippen LogP contribution in [0.3, 0.4) is 0 Å². The summed E-state index contributed by atoms with van der Waals surface area (Å²) in [6.45, 7) is 5.17. The quantitative estimate of drug-likeness (QED) is 0.282. The number of benzene rings is 3. The van der Waals surface area contributed by atoms with Gasteiger partial charge in [0.05, 0.1) is 6.61 Å². The Kier molecular flexibility index (Phi) is 8.61. The molecular formula is C28H31NO3. The van der Waals surface area contributed by atoms with Crippen LogP contribution in [-0.2, 0) is 0 Å². The molecule has 166 valence electrons. The lowest BCUT2D eigenvalue weighted by molar-refractivity contribution is 0.111. The fourth-order valence-corrected chi connectivity index (χ4v) is 3.65. The van der Waals surface area contributed by atoms with Crippen molar-refractivity contribution < 1.29 is 14.3 Å². The normalized spacial score (nSPS) is 11.6. The van der Waals surface area contributed by atoms with E-state index in [1.165, 1.54) is 19.3 Å². The van der Waals surface area contributed by atoms with Crippen molar-refractivity contribution in [1.82, 2.24) is 0 Å². The van der Waals surface area contributed by atoms with Gasteiger partial charge in [0, 0.05) is 28.2 Å². The van der Waals surface area contributed by atoms with Crippen LogP contribution in [0.1, 0.15) is 60.2 Å². The summed E-state index contributed by atoms with van der Waals surface area (Å²) in [5, 5.41) is 0. The van der Waals surface area contributed by atoms with Crippen LogP contribution in [0.2, 0.25) is 0 Å². The lowest BCUT2D eigenvalue weighted by Gasteiger charge is -2.26. The minimum Gasteiger partial charge on any atom is -0.493 e. The smallest absolute Gasteiger partial charge is 0.150 e. The molecule has 0 spiro atoms. The number of ether oxygens (including phenoxy) is 1. The topological polar surface area (TPSA) is 46.6 Å².